The minimum absolute atomic E-state index is 0.00746. The fraction of sp³-hybridized carbons (Fsp3) is 0.846. The van der Waals surface area contributed by atoms with Gasteiger partial charge in [-0.25, -0.2) is 4.79 Å². The molecule has 2 amide bonds. The summed E-state index contributed by atoms with van der Waals surface area (Å²) in [4.78, 5) is 24.5. The van der Waals surface area contributed by atoms with Crippen molar-refractivity contribution in [2.24, 2.45) is 5.92 Å². The van der Waals surface area contributed by atoms with Crippen molar-refractivity contribution in [3.05, 3.63) is 0 Å². The van der Waals surface area contributed by atoms with Gasteiger partial charge < -0.3 is 15.3 Å². The molecule has 2 atom stereocenters. The fourth-order valence-corrected chi connectivity index (χ4v) is 2.24. The summed E-state index contributed by atoms with van der Waals surface area (Å²) in [6.07, 6.45) is 3.86. The van der Waals surface area contributed by atoms with Crippen LogP contribution in [0.4, 0.5) is 4.79 Å². The van der Waals surface area contributed by atoms with Gasteiger partial charge in [0.05, 0.1) is 6.42 Å². The molecule has 5 heteroatoms. The molecule has 5 nitrogen and oxygen atoms in total. The molecule has 104 valence electrons. The molecule has 0 bridgehead atoms. The number of rotatable bonds is 4. The van der Waals surface area contributed by atoms with Gasteiger partial charge in [0.25, 0.3) is 0 Å². The first-order valence-corrected chi connectivity index (χ1v) is 6.80. The average Bonchev–Trinajstić information content (AvgIpc) is 2.52. The molecule has 2 N–H and O–H groups in total. The summed E-state index contributed by atoms with van der Waals surface area (Å²) >= 11 is 0. The molecule has 0 aromatic heterocycles. The molecule has 1 aliphatic heterocycles. The Morgan fingerprint density at radius 2 is 2.11 bits per heavy atom. The van der Waals surface area contributed by atoms with Crippen LogP contribution in [0.5, 0.6) is 0 Å². The highest BCUT2D eigenvalue weighted by Gasteiger charge is 2.21. The summed E-state index contributed by atoms with van der Waals surface area (Å²) in [5, 5.41) is 11.6. The van der Waals surface area contributed by atoms with Crippen LogP contribution in [0.1, 0.15) is 46.0 Å². The maximum atomic E-state index is 12.0. The number of carboxylic acid groups (broad SMARTS) is 1. The summed E-state index contributed by atoms with van der Waals surface area (Å²) in [5.41, 5.74) is 0. The van der Waals surface area contributed by atoms with E-state index >= 15 is 0 Å². The van der Waals surface area contributed by atoms with Crippen molar-refractivity contribution in [1.29, 1.82) is 0 Å². The van der Waals surface area contributed by atoms with E-state index in [1.807, 2.05) is 11.8 Å². The lowest BCUT2D eigenvalue weighted by atomic mass is 10.0. The number of likely N-dealkylation sites (tertiary alicyclic amines) is 1. The first kappa shape index (κ1) is 14.8. The van der Waals surface area contributed by atoms with Crippen LogP contribution in [0.3, 0.4) is 0 Å². The average molecular weight is 256 g/mol. The second kappa shape index (κ2) is 7.24. The minimum atomic E-state index is -0.869. The fourth-order valence-electron chi connectivity index (χ4n) is 2.24. The van der Waals surface area contributed by atoms with Crippen molar-refractivity contribution < 1.29 is 14.7 Å². The second-order valence-corrected chi connectivity index (χ2v) is 5.18. The molecule has 2 unspecified atom stereocenters. The van der Waals surface area contributed by atoms with Crippen LogP contribution in [0.15, 0.2) is 0 Å². The van der Waals surface area contributed by atoms with Crippen molar-refractivity contribution in [1.82, 2.24) is 10.2 Å². The highest BCUT2D eigenvalue weighted by atomic mass is 16.4. The number of nitrogens with one attached hydrogen (secondary N) is 1. The second-order valence-electron chi connectivity index (χ2n) is 5.18. The number of hydrogen-bond donors (Lipinski definition) is 2. The van der Waals surface area contributed by atoms with E-state index in [0.29, 0.717) is 12.3 Å². The van der Waals surface area contributed by atoms with E-state index in [2.05, 4.69) is 12.2 Å². The molecule has 1 aliphatic rings. The van der Waals surface area contributed by atoms with Gasteiger partial charge >= 0.3 is 12.0 Å². The van der Waals surface area contributed by atoms with Gasteiger partial charge in [-0.2, -0.15) is 0 Å². The van der Waals surface area contributed by atoms with Crippen molar-refractivity contribution in [2.45, 2.75) is 52.0 Å². The van der Waals surface area contributed by atoms with Gasteiger partial charge in [0.2, 0.25) is 0 Å². The van der Waals surface area contributed by atoms with Gasteiger partial charge in [0.15, 0.2) is 0 Å². The Morgan fingerprint density at radius 3 is 2.72 bits per heavy atom. The third kappa shape index (κ3) is 4.94. The van der Waals surface area contributed by atoms with Crippen molar-refractivity contribution >= 4 is 12.0 Å². The molecule has 0 aromatic rings. The maximum absolute atomic E-state index is 12.0. The molecule has 0 spiro atoms. The monoisotopic (exact) mass is 256 g/mol. The third-order valence-corrected chi connectivity index (χ3v) is 3.55. The zero-order valence-electron chi connectivity index (χ0n) is 11.3. The number of urea groups is 1. The predicted molar refractivity (Wildman–Crippen MR) is 69.5 cm³/mol. The summed E-state index contributed by atoms with van der Waals surface area (Å²) in [5.74, 6) is -0.199. The molecule has 18 heavy (non-hydrogen) atoms. The van der Waals surface area contributed by atoms with Crippen LogP contribution in [-0.4, -0.2) is 41.1 Å². The molecule has 0 radical (unpaired) electrons. The molecule has 0 aromatic carbocycles. The molecule has 1 rings (SSSR count). The van der Waals surface area contributed by atoms with Gasteiger partial charge in [-0.1, -0.05) is 13.8 Å². The minimum Gasteiger partial charge on any atom is -0.481 e. The zero-order chi connectivity index (χ0) is 13.5. The summed E-state index contributed by atoms with van der Waals surface area (Å²) < 4.78 is 0. The van der Waals surface area contributed by atoms with Crippen LogP contribution in [-0.2, 0) is 4.79 Å². The molecule has 1 saturated heterocycles. The SMILES string of the molecule is CCC(CC(=O)O)NC(=O)N1CCCC(C)CC1. The Labute approximate surface area is 109 Å². The van der Waals surface area contributed by atoms with E-state index in [1.165, 1.54) is 0 Å². The van der Waals surface area contributed by atoms with E-state index in [-0.39, 0.29) is 18.5 Å². The Hall–Kier alpha value is -1.26. The molecule has 1 fully saturated rings. The first-order chi connectivity index (χ1) is 8.52. The van der Waals surface area contributed by atoms with Crippen LogP contribution < -0.4 is 5.32 Å². The number of hydrogen-bond acceptors (Lipinski definition) is 2. The number of carbonyl (C=O) groups excluding carboxylic acids is 1. The van der Waals surface area contributed by atoms with Crippen LogP contribution in [0, 0.1) is 5.92 Å². The Bertz CT molecular complexity index is 294. The number of nitrogens with zero attached hydrogens (tertiary/aromatic N) is 1. The lowest BCUT2D eigenvalue weighted by molar-refractivity contribution is -0.137. The summed E-state index contributed by atoms with van der Waals surface area (Å²) in [7, 11) is 0. The Balaban J connectivity index is 2.45. The van der Waals surface area contributed by atoms with Crippen molar-refractivity contribution in [3.8, 4) is 0 Å². The van der Waals surface area contributed by atoms with Gasteiger partial charge in [-0.3, -0.25) is 4.79 Å². The number of aliphatic carboxylic acids is 1. The molecular formula is C13H24N2O3. The van der Waals surface area contributed by atoms with Crippen LogP contribution in [0.2, 0.25) is 0 Å². The molecule has 0 aliphatic carbocycles. The first-order valence-electron chi connectivity index (χ1n) is 6.80. The predicted octanol–water partition coefficient (Wildman–Crippen LogP) is 2.07. The number of carbonyl (C=O) groups is 2. The van der Waals surface area contributed by atoms with E-state index < -0.39 is 5.97 Å². The number of amides is 2. The van der Waals surface area contributed by atoms with E-state index in [9.17, 15) is 9.59 Å². The van der Waals surface area contributed by atoms with Gasteiger partial charge in [-0.15, -0.1) is 0 Å². The van der Waals surface area contributed by atoms with E-state index in [0.717, 1.165) is 32.4 Å². The Morgan fingerprint density at radius 1 is 1.39 bits per heavy atom. The lowest BCUT2D eigenvalue weighted by Gasteiger charge is -2.24. The number of carboxylic acids is 1. The quantitative estimate of drug-likeness (QED) is 0.809. The summed E-state index contributed by atoms with van der Waals surface area (Å²) in [6, 6.07) is -0.382. The molecular weight excluding hydrogens is 232 g/mol. The van der Waals surface area contributed by atoms with Crippen molar-refractivity contribution in [2.75, 3.05) is 13.1 Å². The standard InChI is InChI=1S/C13H24N2O3/c1-3-11(9-12(16)17)14-13(18)15-7-4-5-10(2)6-8-15/h10-11H,3-9H2,1-2H3,(H,14,18)(H,16,17). The molecule has 1 heterocycles. The maximum Gasteiger partial charge on any atom is 0.317 e. The lowest BCUT2D eigenvalue weighted by Crippen LogP contribution is -2.45. The topological polar surface area (TPSA) is 69.6 Å². The summed E-state index contributed by atoms with van der Waals surface area (Å²) in [6.45, 7) is 5.65. The largest absolute Gasteiger partial charge is 0.481 e. The normalized spacial score (nSPS) is 22.1. The van der Waals surface area contributed by atoms with Crippen molar-refractivity contribution in [3.63, 3.8) is 0 Å². The van der Waals surface area contributed by atoms with E-state index in [1.54, 1.807) is 0 Å². The highest BCUT2D eigenvalue weighted by Crippen LogP contribution is 2.16. The van der Waals surface area contributed by atoms with E-state index in [4.69, 9.17) is 5.11 Å². The Kier molecular flexibility index (Phi) is 5.95. The van der Waals surface area contributed by atoms with Gasteiger partial charge in [0.1, 0.15) is 0 Å². The molecule has 0 saturated carbocycles. The van der Waals surface area contributed by atoms with Gasteiger partial charge in [0, 0.05) is 19.1 Å². The third-order valence-electron chi connectivity index (χ3n) is 3.55. The highest BCUT2D eigenvalue weighted by molar-refractivity contribution is 5.76. The van der Waals surface area contributed by atoms with Crippen LogP contribution in [0.25, 0.3) is 0 Å². The van der Waals surface area contributed by atoms with Gasteiger partial charge in [-0.05, 0) is 31.6 Å². The van der Waals surface area contributed by atoms with Crippen LogP contribution >= 0.6 is 0 Å². The smallest absolute Gasteiger partial charge is 0.317 e. The zero-order valence-corrected chi connectivity index (χ0v) is 11.3.